The minimum absolute atomic E-state index is 0.00130. The van der Waals surface area contributed by atoms with Gasteiger partial charge in [0.2, 0.25) is 0 Å². The van der Waals surface area contributed by atoms with E-state index in [4.69, 9.17) is 23.7 Å². The summed E-state index contributed by atoms with van der Waals surface area (Å²) in [6.07, 6.45) is 0.164. The minimum Gasteiger partial charge on any atom is -0.489 e. The molecule has 0 N–H and O–H groups in total. The van der Waals surface area contributed by atoms with Crippen LogP contribution in [0.5, 0.6) is 17.2 Å². The van der Waals surface area contributed by atoms with Crippen molar-refractivity contribution >= 4 is 35.8 Å². The molecule has 0 heterocycles. The lowest BCUT2D eigenvalue weighted by Crippen LogP contribution is -2.41. The largest absolute Gasteiger partial charge is 0.489 e. The van der Waals surface area contributed by atoms with Crippen LogP contribution in [0, 0.1) is 5.41 Å². The highest BCUT2D eigenvalue weighted by molar-refractivity contribution is 6.30. The van der Waals surface area contributed by atoms with Gasteiger partial charge in [0.25, 0.3) is 0 Å². The summed E-state index contributed by atoms with van der Waals surface area (Å²) in [6, 6.07) is 11.3. The molecule has 0 unspecified atom stereocenters. The number of methoxy groups -OCH3 is 2. The molecule has 13 heteroatoms. The first-order valence-corrected chi connectivity index (χ1v) is 13.4. The molecule has 45 heavy (non-hydrogen) atoms. The number of rotatable bonds is 13. The van der Waals surface area contributed by atoms with Gasteiger partial charge in [-0.2, -0.15) is 0 Å². The Kier molecular flexibility index (Phi) is 13.0. The zero-order valence-electron chi connectivity index (χ0n) is 25.6. The second kappa shape index (κ2) is 16.4. The molecule has 0 bridgehead atoms. The van der Waals surface area contributed by atoms with Crippen molar-refractivity contribution < 1.29 is 61.9 Å². The average molecular weight is 627 g/mol. The van der Waals surface area contributed by atoms with Crippen molar-refractivity contribution in [3.63, 3.8) is 0 Å². The van der Waals surface area contributed by atoms with Gasteiger partial charge in [-0.1, -0.05) is 38.3 Å². The van der Waals surface area contributed by atoms with Crippen molar-refractivity contribution in [3.8, 4) is 28.4 Å². The number of hydrogen-bond donors (Lipinski definition) is 0. The average Bonchev–Trinajstić information content (AvgIpc) is 3.03. The third kappa shape index (κ3) is 10.3. The van der Waals surface area contributed by atoms with Crippen LogP contribution >= 0.6 is 0 Å². The molecule has 0 aromatic heterocycles. The van der Waals surface area contributed by atoms with Gasteiger partial charge in [0.15, 0.2) is 11.5 Å². The molecular weight excluding hydrogens is 592 g/mol. The monoisotopic (exact) mass is 626 g/mol. The second-order valence-electron chi connectivity index (χ2n) is 9.80. The number of carbonyl (C=O) groups is 6. The molecule has 0 atom stereocenters. The van der Waals surface area contributed by atoms with Gasteiger partial charge in [0.05, 0.1) is 19.6 Å². The smallest absolute Gasteiger partial charge is 0.417 e. The SMILES string of the molecule is C=C(C)C(=O)Oc1ccc(-c2ccc(OCC(CC)(COC(=O)C(=O)OC)COC(=O)C(=O)OC)c(OC(=O)C(=C)C)c2)cc1. The van der Waals surface area contributed by atoms with Crippen LogP contribution < -0.4 is 14.2 Å². The Labute approximate surface area is 259 Å². The number of hydrogen-bond acceptors (Lipinski definition) is 13. The molecule has 13 nitrogen and oxygen atoms in total. The lowest BCUT2D eigenvalue weighted by Gasteiger charge is -2.31. The fourth-order valence-corrected chi connectivity index (χ4v) is 3.37. The maximum Gasteiger partial charge on any atom is 0.417 e. The van der Waals surface area contributed by atoms with Gasteiger partial charge in [0.1, 0.15) is 25.6 Å². The molecular formula is C32H34O13. The Balaban J connectivity index is 2.41. The van der Waals surface area contributed by atoms with Crippen LogP contribution in [-0.2, 0) is 47.7 Å². The van der Waals surface area contributed by atoms with Crippen LogP contribution in [0.2, 0.25) is 0 Å². The van der Waals surface area contributed by atoms with Crippen molar-refractivity contribution in [3.05, 3.63) is 66.8 Å². The highest BCUT2D eigenvalue weighted by Crippen LogP contribution is 2.36. The van der Waals surface area contributed by atoms with Crippen molar-refractivity contribution in [2.45, 2.75) is 27.2 Å². The molecule has 0 saturated carbocycles. The summed E-state index contributed by atoms with van der Waals surface area (Å²) in [7, 11) is 2.00. The maximum atomic E-state index is 12.5. The molecule has 2 rings (SSSR count). The number of esters is 6. The zero-order valence-corrected chi connectivity index (χ0v) is 25.6. The number of carbonyl (C=O) groups excluding carboxylic acids is 6. The quantitative estimate of drug-likeness (QED) is 0.104. The summed E-state index contributed by atoms with van der Waals surface area (Å²) in [6.45, 7) is 10.5. The molecule has 0 aliphatic heterocycles. The fourth-order valence-electron chi connectivity index (χ4n) is 3.37. The molecule has 240 valence electrons. The Morgan fingerprint density at radius 3 is 1.58 bits per heavy atom. The normalized spacial score (nSPS) is 10.5. The Hall–Kier alpha value is -5.46. The van der Waals surface area contributed by atoms with E-state index in [0.717, 1.165) is 14.2 Å². The first kappa shape index (κ1) is 35.7. The molecule has 0 saturated heterocycles. The summed E-state index contributed by atoms with van der Waals surface area (Å²) in [5, 5.41) is 0. The summed E-state index contributed by atoms with van der Waals surface area (Å²) < 4.78 is 35.6. The fraction of sp³-hybridized carbons (Fsp3) is 0.312. The van der Waals surface area contributed by atoms with E-state index in [1.807, 2.05) is 0 Å². The Morgan fingerprint density at radius 1 is 0.622 bits per heavy atom. The molecule has 0 spiro atoms. The van der Waals surface area contributed by atoms with E-state index in [2.05, 4.69) is 22.6 Å². The molecule has 2 aromatic carbocycles. The predicted octanol–water partition coefficient (Wildman–Crippen LogP) is 3.52. The molecule has 0 aliphatic rings. The first-order valence-electron chi connectivity index (χ1n) is 13.4. The van der Waals surface area contributed by atoms with E-state index in [-0.39, 0.29) is 35.7 Å². The van der Waals surface area contributed by atoms with Crippen molar-refractivity contribution in [1.82, 2.24) is 0 Å². The van der Waals surface area contributed by atoms with E-state index in [0.29, 0.717) is 16.9 Å². The predicted molar refractivity (Wildman–Crippen MR) is 157 cm³/mol. The third-order valence-corrected chi connectivity index (χ3v) is 6.25. The third-order valence-electron chi connectivity index (χ3n) is 6.25. The van der Waals surface area contributed by atoms with Gasteiger partial charge >= 0.3 is 35.8 Å². The minimum atomic E-state index is -1.30. The van der Waals surface area contributed by atoms with E-state index >= 15 is 0 Å². The van der Waals surface area contributed by atoms with Gasteiger partial charge in [0, 0.05) is 11.1 Å². The number of ether oxygens (including phenoxy) is 7. The van der Waals surface area contributed by atoms with Crippen LogP contribution in [0.4, 0.5) is 0 Å². The van der Waals surface area contributed by atoms with E-state index < -0.39 is 54.4 Å². The van der Waals surface area contributed by atoms with E-state index in [1.165, 1.54) is 26.0 Å². The Morgan fingerprint density at radius 2 is 1.11 bits per heavy atom. The highest BCUT2D eigenvalue weighted by atomic mass is 16.6. The Bertz CT molecular complexity index is 1440. The molecule has 0 fully saturated rings. The van der Waals surface area contributed by atoms with Gasteiger partial charge in [-0.3, -0.25) is 0 Å². The topological polar surface area (TPSA) is 167 Å². The van der Waals surface area contributed by atoms with Gasteiger partial charge in [-0.05, 0) is 55.7 Å². The maximum absolute atomic E-state index is 12.5. The second-order valence-corrected chi connectivity index (χ2v) is 9.80. The molecule has 0 amide bonds. The van der Waals surface area contributed by atoms with Gasteiger partial charge in [-0.15, -0.1) is 0 Å². The lowest BCUT2D eigenvalue weighted by atomic mass is 9.88. The van der Waals surface area contributed by atoms with Crippen LogP contribution in [0.15, 0.2) is 66.8 Å². The van der Waals surface area contributed by atoms with E-state index in [1.54, 1.807) is 37.3 Å². The summed E-state index contributed by atoms with van der Waals surface area (Å²) >= 11 is 0. The molecule has 0 radical (unpaired) electrons. The van der Waals surface area contributed by atoms with Gasteiger partial charge < -0.3 is 33.2 Å². The molecule has 2 aromatic rings. The van der Waals surface area contributed by atoms with Gasteiger partial charge in [-0.25, -0.2) is 28.8 Å². The van der Waals surface area contributed by atoms with Crippen molar-refractivity contribution in [1.29, 1.82) is 0 Å². The van der Waals surface area contributed by atoms with Crippen molar-refractivity contribution in [2.24, 2.45) is 5.41 Å². The van der Waals surface area contributed by atoms with Crippen LogP contribution in [-0.4, -0.2) is 69.9 Å². The standard InChI is InChI=1S/C32H34O13/c1-8-32(17-42-30(37)28(35)39-6,18-43-31(38)29(36)40-7)16-41-24-14-11-22(15-25(24)45-27(34)20(4)5)21-9-12-23(13-10-21)44-26(33)19(2)3/h9-15H,2,4,8,16-18H2,1,3,5-7H3. The van der Waals surface area contributed by atoms with E-state index in [9.17, 15) is 28.8 Å². The molecule has 0 aliphatic carbocycles. The first-order chi connectivity index (χ1) is 21.2. The summed E-state index contributed by atoms with van der Waals surface area (Å²) in [5.74, 6) is -6.01. The van der Waals surface area contributed by atoms with Crippen molar-refractivity contribution in [2.75, 3.05) is 34.0 Å². The highest BCUT2D eigenvalue weighted by Gasteiger charge is 2.36. The summed E-state index contributed by atoms with van der Waals surface area (Å²) in [5.41, 5.74) is 0.358. The van der Waals surface area contributed by atoms with Crippen LogP contribution in [0.1, 0.15) is 27.2 Å². The number of benzene rings is 2. The summed E-state index contributed by atoms with van der Waals surface area (Å²) in [4.78, 5) is 71.5. The van der Waals surface area contributed by atoms with Crippen LogP contribution in [0.25, 0.3) is 11.1 Å². The lowest BCUT2D eigenvalue weighted by molar-refractivity contribution is -0.174. The zero-order chi connectivity index (χ0) is 33.7. The van der Waals surface area contributed by atoms with Crippen LogP contribution in [0.3, 0.4) is 0 Å².